The normalized spacial score (nSPS) is 21.2. The van der Waals surface area contributed by atoms with Gasteiger partial charge in [-0.2, -0.15) is 0 Å². The number of fused-ring (bicyclic) bond motifs is 1. The molecular formula is C23H22Cl2. The molecule has 128 valence electrons. The van der Waals surface area contributed by atoms with E-state index in [1.54, 1.807) is 0 Å². The molecule has 0 spiro atoms. The van der Waals surface area contributed by atoms with Gasteiger partial charge in [0.25, 0.3) is 0 Å². The molecular weight excluding hydrogens is 347 g/mol. The van der Waals surface area contributed by atoms with Crippen molar-refractivity contribution in [2.24, 2.45) is 11.3 Å². The first-order chi connectivity index (χ1) is 11.8. The van der Waals surface area contributed by atoms with E-state index in [1.165, 1.54) is 27.8 Å². The Hall–Kier alpha value is -1.50. The van der Waals surface area contributed by atoms with Gasteiger partial charge in [-0.1, -0.05) is 81.2 Å². The van der Waals surface area contributed by atoms with Crippen LogP contribution in [0.3, 0.4) is 0 Å². The average molecular weight is 369 g/mol. The van der Waals surface area contributed by atoms with Crippen LogP contribution in [-0.4, -0.2) is 0 Å². The van der Waals surface area contributed by atoms with Crippen molar-refractivity contribution >= 4 is 23.2 Å². The molecule has 3 aliphatic carbocycles. The summed E-state index contributed by atoms with van der Waals surface area (Å²) >= 11 is 12.3. The monoisotopic (exact) mass is 368 g/mol. The van der Waals surface area contributed by atoms with Crippen LogP contribution in [0.25, 0.3) is 0 Å². The molecule has 2 aromatic carbocycles. The number of halogens is 2. The number of hydrogen-bond acceptors (Lipinski definition) is 0. The second kappa shape index (κ2) is 5.50. The minimum atomic E-state index is -0.156. The Bertz CT molecular complexity index is 845. The van der Waals surface area contributed by atoms with Gasteiger partial charge < -0.3 is 0 Å². The summed E-state index contributed by atoms with van der Waals surface area (Å²) in [4.78, 5) is 0. The molecule has 0 heterocycles. The smallest absolute Gasteiger partial charge is 0.0673 e. The minimum absolute atomic E-state index is 0.147. The molecule has 1 unspecified atom stereocenters. The fraction of sp³-hybridized carbons (Fsp3) is 0.304. The molecule has 0 N–H and O–H groups in total. The lowest BCUT2D eigenvalue weighted by molar-refractivity contribution is 0.448. The lowest BCUT2D eigenvalue weighted by Crippen LogP contribution is -2.43. The van der Waals surface area contributed by atoms with Crippen LogP contribution in [0, 0.1) is 11.3 Å². The van der Waals surface area contributed by atoms with Crippen molar-refractivity contribution in [1.29, 1.82) is 0 Å². The predicted molar refractivity (Wildman–Crippen MR) is 107 cm³/mol. The molecule has 0 saturated carbocycles. The summed E-state index contributed by atoms with van der Waals surface area (Å²) in [6.07, 6.45) is 2.44. The molecule has 25 heavy (non-hydrogen) atoms. The Morgan fingerprint density at radius 1 is 0.800 bits per heavy atom. The van der Waals surface area contributed by atoms with Gasteiger partial charge in [0.2, 0.25) is 0 Å². The number of hydrogen-bond donors (Lipinski definition) is 0. The summed E-state index contributed by atoms with van der Waals surface area (Å²) in [6, 6.07) is 16.7. The fourth-order valence-electron chi connectivity index (χ4n) is 4.71. The molecule has 2 heteroatoms. The molecule has 0 radical (unpaired) electrons. The van der Waals surface area contributed by atoms with E-state index in [1.807, 2.05) is 24.3 Å². The third kappa shape index (κ3) is 2.27. The lowest BCUT2D eigenvalue weighted by atomic mass is 9.52. The van der Waals surface area contributed by atoms with Crippen LogP contribution >= 0.6 is 23.2 Å². The van der Waals surface area contributed by atoms with Gasteiger partial charge in [-0.3, -0.25) is 0 Å². The summed E-state index contributed by atoms with van der Waals surface area (Å²) in [6.45, 7) is 9.23. The average Bonchev–Trinajstić information content (AvgIpc) is 3.03. The lowest BCUT2D eigenvalue weighted by Gasteiger charge is -2.50. The van der Waals surface area contributed by atoms with E-state index in [2.05, 4.69) is 58.0 Å². The Balaban J connectivity index is 2.01. The highest BCUT2D eigenvalue weighted by Gasteiger charge is 2.59. The molecule has 2 bridgehead atoms. The first kappa shape index (κ1) is 16.9. The molecule has 3 aliphatic rings. The number of rotatable bonds is 2. The van der Waals surface area contributed by atoms with Crippen LogP contribution < -0.4 is 0 Å². The van der Waals surface area contributed by atoms with Crippen molar-refractivity contribution in [3.63, 3.8) is 0 Å². The minimum Gasteiger partial charge on any atom is -0.0843 e. The van der Waals surface area contributed by atoms with E-state index in [-0.39, 0.29) is 10.8 Å². The van der Waals surface area contributed by atoms with Crippen molar-refractivity contribution in [2.75, 3.05) is 0 Å². The molecule has 0 aliphatic heterocycles. The summed E-state index contributed by atoms with van der Waals surface area (Å²) in [7, 11) is 0. The molecule has 0 nitrogen and oxygen atoms in total. The maximum absolute atomic E-state index is 6.16. The molecule has 5 rings (SSSR count). The zero-order valence-electron chi connectivity index (χ0n) is 15.0. The standard InChI is InChI=1S/C23H22Cl2/c1-14-13-19-21(22(2,3)4)20(14)23(19,15-5-9-17(24)10-6-15)16-7-11-18(25)12-8-16/h5-14H,1-4H3. The highest BCUT2D eigenvalue weighted by Crippen LogP contribution is 2.67. The third-order valence-electron chi connectivity index (χ3n) is 5.52. The van der Waals surface area contributed by atoms with Gasteiger partial charge in [0.1, 0.15) is 0 Å². The molecule has 0 amide bonds. The van der Waals surface area contributed by atoms with Crippen LogP contribution in [0.1, 0.15) is 38.8 Å². The van der Waals surface area contributed by atoms with Gasteiger partial charge >= 0.3 is 0 Å². The molecule has 1 atom stereocenters. The quantitative estimate of drug-likeness (QED) is 0.525. The van der Waals surface area contributed by atoms with Crippen LogP contribution in [0.4, 0.5) is 0 Å². The summed E-state index contributed by atoms with van der Waals surface area (Å²) in [5, 5.41) is 1.54. The van der Waals surface area contributed by atoms with Gasteiger partial charge in [-0.25, -0.2) is 0 Å². The van der Waals surface area contributed by atoms with Crippen LogP contribution in [0.15, 0.2) is 71.3 Å². The first-order valence-corrected chi connectivity index (χ1v) is 9.51. The van der Waals surface area contributed by atoms with Crippen LogP contribution in [-0.2, 0) is 5.41 Å². The molecule has 2 aromatic rings. The first-order valence-electron chi connectivity index (χ1n) is 8.76. The van der Waals surface area contributed by atoms with Gasteiger partial charge in [-0.15, -0.1) is 0 Å². The number of allylic oxidation sites excluding steroid dienone is 4. The highest BCUT2D eigenvalue weighted by atomic mass is 35.5. The van der Waals surface area contributed by atoms with Gasteiger partial charge in [-0.05, 0) is 63.4 Å². The van der Waals surface area contributed by atoms with Crippen LogP contribution in [0.2, 0.25) is 10.0 Å². The van der Waals surface area contributed by atoms with E-state index in [0.29, 0.717) is 5.92 Å². The Morgan fingerprint density at radius 3 is 1.56 bits per heavy atom. The van der Waals surface area contributed by atoms with Crippen molar-refractivity contribution in [3.05, 3.63) is 92.5 Å². The van der Waals surface area contributed by atoms with Crippen molar-refractivity contribution in [3.8, 4) is 0 Å². The van der Waals surface area contributed by atoms with E-state index >= 15 is 0 Å². The summed E-state index contributed by atoms with van der Waals surface area (Å²) in [5.41, 5.74) is 7.07. The molecule has 0 aromatic heterocycles. The van der Waals surface area contributed by atoms with E-state index < -0.39 is 0 Å². The van der Waals surface area contributed by atoms with Crippen molar-refractivity contribution < 1.29 is 0 Å². The summed E-state index contributed by atoms with van der Waals surface area (Å²) in [5.74, 6) is 0.454. The third-order valence-corrected chi connectivity index (χ3v) is 6.03. The van der Waals surface area contributed by atoms with Gasteiger partial charge in [0.05, 0.1) is 5.41 Å². The van der Waals surface area contributed by atoms with Crippen molar-refractivity contribution in [1.82, 2.24) is 0 Å². The Labute approximate surface area is 160 Å². The van der Waals surface area contributed by atoms with E-state index in [9.17, 15) is 0 Å². The Kier molecular flexibility index (Phi) is 3.72. The van der Waals surface area contributed by atoms with E-state index in [4.69, 9.17) is 23.2 Å². The largest absolute Gasteiger partial charge is 0.0843 e. The molecule has 0 saturated heterocycles. The predicted octanol–water partition coefficient (Wildman–Crippen LogP) is 7.21. The van der Waals surface area contributed by atoms with Gasteiger partial charge in [0, 0.05) is 10.0 Å². The Morgan fingerprint density at radius 2 is 1.24 bits per heavy atom. The maximum Gasteiger partial charge on any atom is 0.0673 e. The topological polar surface area (TPSA) is 0 Å². The summed E-state index contributed by atoms with van der Waals surface area (Å²) < 4.78 is 0. The van der Waals surface area contributed by atoms with Crippen LogP contribution in [0.5, 0.6) is 0 Å². The SMILES string of the molecule is CC1C=C2C(C(C)(C)C)=C1C2(c1ccc(Cl)cc1)c1ccc(Cl)cc1. The second-order valence-electron chi connectivity index (χ2n) is 8.17. The molecule has 0 fully saturated rings. The van der Waals surface area contributed by atoms with Gasteiger partial charge in [0.15, 0.2) is 0 Å². The zero-order chi connectivity index (χ0) is 18.0. The highest BCUT2D eigenvalue weighted by molar-refractivity contribution is 6.30. The maximum atomic E-state index is 6.16. The van der Waals surface area contributed by atoms with E-state index in [0.717, 1.165) is 10.0 Å². The number of benzene rings is 2. The second-order valence-corrected chi connectivity index (χ2v) is 9.04. The van der Waals surface area contributed by atoms with Crippen molar-refractivity contribution in [2.45, 2.75) is 33.1 Å². The zero-order valence-corrected chi connectivity index (χ0v) is 16.5. The fourth-order valence-corrected chi connectivity index (χ4v) is 4.96.